The van der Waals surface area contributed by atoms with Gasteiger partial charge in [-0.2, -0.15) is 0 Å². The van der Waals surface area contributed by atoms with Gasteiger partial charge in [0.05, 0.1) is 6.61 Å². The van der Waals surface area contributed by atoms with Gasteiger partial charge in [-0.05, 0) is 30.9 Å². The minimum absolute atomic E-state index is 0.0281. The molecule has 0 radical (unpaired) electrons. The number of carbonyl (C=O) groups is 1. The minimum Gasteiger partial charge on any atom is -0.395 e. The van der Waals surface area contributed by atoms with E-state index >= 15 is 0 Å². The fraction of sp³-hybridized carbons (Fsp3) is 0.526. The number of likely N-dealkylation sites (tertiary alicyclic amines) is 1. The molecule has 0 saturated carbocycles. The maximum absolute atomic E-state index is 12.0. The number of aromatic nitrogens is 1. The lowest BCUT2D eigenvalue weighted by molar-refractivity contribution is 0.146. The number of piperidine rings is 1. The number of amides is 2. The summed E-state index contributed by atoms with van der Waals surface area (Å²) in [5, 5.41) is 14.6. The standard InChI is InChI=1S/C19H28N4O2/c1-22(2)19(25)23-9-7-15(8-10-23)21-16(13-24)11-14-12-20-18-6-4-3-5-17(14)18/h3-6,12,15-16,20-21,24H,7-11,13H2,1-2H3/t16-/m1/s1. The van der Waals surface area contributed by atoms with E-state index in [2.05, 4.69) is 22.4 Å². The van der Waals surface area contributed by atoms with Gasteiger partial charge in [-0.25, -0.2) is 4.79 Å². The molecule has 136 valence electrons. The number of hydrogen-bond acceptors (Lipinski definition) is 3. The van der Waals surface area contributed by atoms with Crippen LogP contribution in [0.3, 0.4) is 0 Å². The average molecular weight is 344 g/mol. The molecule has 3 N–H and O–H groups in total. The van der Waals surface area contributed by atoms with E-state index in [9.17, 15) is 9.90 Å². The summed E-state index contributed by atoms with van der Waals surface area (Å²) in [6, 6.07) is 8.69. The Morgan fingerprint density at radius 1 is 1.36 bits per heavy atom. The summed E-state index contributed by atoms with van der Waals surface area (Å²) in [7, 11) is 3.57. The van der Waals surface area contributed by atoms with Gasteiger partial charge in [-0.1, -0.05) is 18.2 Å². The van der Waals surface area contributed by atoms with Crippen LogP contribution < -0.4 is 5.32 Å². The number of aromatic amines is 1. The molecule has 1 saturated heterocycles. The van der Waals surface area contributed by atoms with Gasteiger partial charge in [0.2, 0.25) is 0 Å². The predicted molar refractivity (Wildman–Crippen MR) is 99.7 cm³/mol. The number of hydrogen-bond donors (Lipinski definition) is 3. The Labute approximate surface area is 148 Å². The zero-order valence-corrected chi connectivity index (χ0v) is 15.0. The Bertz CT molecular complexity index is 704. The van der Waals surface area contributed by atoms with Gasteiger partial charge < -0.3 is 25.2 Å². The molecule has 6 heteroatoms. The lowest BCUT2D eigenvalue weighted by Crippen LogP contribution is -2.51. The lowest BCUT2D eigenvalue weighted by Gasteiger charge is -2.35. The van der Waals surface area contributed by atoms with Crippen molar-refractivity contribution in [3.8, 4) is 0 Å². The Morgan fingerprint density at radius 3 is 2.76 bits per heavy atom. The Balaban J connectivity index is 1.56. The van der Waals surface area contributed by atoms with Crippen molar-refractivity contribution in [1.82, 2.24) is 20.1 Å². The van der Waals surface area contributed by atoms with E-state index in [-0.39, 0.29) is 18.7 Å². The number of rotatable bonds is 5. The first kappa shape index (κ1) is 17.8. The van der Waals surface area contributed by atoms with Crippen molar-refractivity contribution in [2.75, 3.05) is 33.8 Å². The number of aliphatic hydroxyl groups excluding tert-OH is 1. The molecule has 0 spiro atoms. The summed E-state index contributed by atoms with van der Waals surface area (Å²) in [6.07, 6.45) is 4.67. The van der Waals surface area contributed by atoms with E-state index in [0.29, 0.717) is 6.04 Å². The molecule has 2 heterocycles. The molecule has 1 atom stereocenters. The van der Waals surface area contributed by atoms with E-state index < -0.39 is 0 Å². The Morgan fingerprint density at radius 2 is 2.08 bits per heavy atom. The van der Waals surface area contributed by atoms with Crippen LogP contribution in [0, 0.1) is 0 Å². The first-order chi connectivity index (χ1) is 12.1. The number of fused-ring (bicyclic) bond motifs is 1. The second-order valence-corrected chi connectivity index (χ2v) is 7.05. The molecule has 2 amide bonds. The zero-order chi connectivity index (χ0) is 17.8. The monoisotopic (exact) mass is 344 g/mol. The minimum atomic E-state index is 0.0281. The number of benzene rings is 1. The first-order valence-electron chi connectivity index (χ1n) is 8.96. The lowest BCUT2D eigenvalue weighted by atomic mass is 10.0. The van der Waals surface area contributed by atoms with E-state index in [1.54, 1.807) is 19.0 Å². The maximum atomic E-state index is 12.0. The highest BCUT2D eigenvalue weighted by Gasteiger charge is 2.25. The van der Waals surface area contributed by atoms with Gasteiger partial charge in [-0.3, -0.25) is 0 Å². The fourth-order valence-electron chi connectivity index (χ4n) is 3.60. The molecular formula is C19H28N4O2. The molecule has 0 unspecified atom stereocenters. The highest BCUT2D eigenvalue weighted by atomic mass is 16.3. The number of aliphatic hydroxyl groups is 1. The molecular weight excluding hydrogens is 316 g/mol. The summed E-state index contributed by atoms with van der Waals surface area (Å²) in [5.74, 6) is 0. The van der Waals surface area contributed by atoms with Crippen LogP contribution in [0.25, 0.3) is 10.9 Å². The molecule has 0 aliphatic carbocycles. The van der Waals surface area contributed by atoms with Gasteiger partial charge in [-0.15, -0.1) is 0 Å². The second-order valence-electron chi connectivity index (χ2n) is 7.05. The van der Waals surface area contributed by atoms with E-state index in [1.165, 1.54) is 10.9 Å². The third-order valence-corrected chi connectivity index (χ3v) is 4.98. The van der Waals surface area contributed by atoms with E-state index in [1.807, 2.05) is 23.2 Å². The van der Waals surface area contributed by atoms with E-state index in [4.69, 9.17) is 0 Å². The number of carbonyl (C=O) groups excluding carboxylic acids is 1. The highest BCUT2D eigenvalue weighted by molar-refractivity contribution is 5.83. The predicted octanol–water partition coefficient (Wildman–Crippen LogP) is 1.81. The molecule has 6 nitrogen and oxygen atoms in total. The molecule has 0 bridgehead atoms. The van der Waals surface area contributed by atoms with Crippen LogP contribution >= 0.6 is 0 Å². The summed E-state index contributed by atoms with van der Waals surface area (Å²) in [5.41, 5.74) is 2.35. The number of H-pyrrole nitrogens is 1. The summed E-state index contributed by atoms with van der Waals surface area (Å²) in [4.78, 5) is 18.8. The van der Waals surface area contributed by atoms with Gasteiger partial charge in [0.25, 0.3) is 0 Å². The average Bonchev–Trinajstić information content (AvgIpc) is 3.04. The van der Waals surface area contributed by atoms with Crippen LogP contribution in [-0.4, -0.2) is 71.8 Å². The van der Waals surface area contributed by atoms with Crippen LogP contribution in [0.15, 0.2) is 30.5 Å². The molecule has 1 fully saturated rings. The van der Waals surface area contributed by atoms with Crippen molar-refractivity contribution in [3.63, 3.8) is 0 Å². The van der Waals surface area contributed by atoms with E-state index in [0.717, 1.165) is 37.9 Å². The quantitative estimate of drug-likeness (QED) is 0.775. The van der Waals surface area contributed by atoms with Crippen LogP contribution in [-0.2, 0) is 6.42 Å². The topological polar surface area (TPSA) is 71.6 Å². The third kappa shape index (κ3) is 4.14. The largest absolute Gasteiger partial charge is 0.395 e. The summed E-state index contributed by atoms with van der Waals surface area (Å²) < 4.78 is 0. The molecule has 1 aromatic heterocycles. The molecule has 1 aliphatic heterocycles. The summed E-state index contributed by atoms with van der Waals surface area (Å²) >= 11 is 0. The molecule has 1 aromatic carbocycles. The SMILES string of the molecule is CN(C)C(=O)N1CCC(N[C@@H](CO)Cc2c[nH]c3ccccc23)CC1. The first-order valence-corrected chi connectivity index (χ1v) is 8.96. The van der Waals surface area contributed by atoms with Gasteiger partial charge >= 0.3 is 6.03 Å². The Kier molecular flexibility index (Phi) is 5.60. The van der Waals surface area contributed by atoms with Gasteiger partial charge in [0.15, 0.2) is 0 Å². The number of para-hydroxylation sites is 1. The van der Waals surface area contributed by atoms with Crippen LogP contribution in [0.2, 0.25) is 0 Å². The summed E-state index contributed by atoms with van der Waals surface area (Å²) in [6.45, 7) is 1.64. The van der Waals surface area contributed by atoms with Crippen molar-refractivity contribution < 1.29 is 9.90 Å². The highest BCUT2D eigenvalue weighted by Crippen LogP contribution is 2.20. The van der Waals surface area contributed by atoms with Crippen molar-refractivity contribution in [2.45, 2.75) is 31.3 Å². The van der Waals surface area contributed by atoms with Crippen molar-refractivity contribution in [2.24, 2.45) is 0 Å². The number of nitrogens with zero attached hydrogens (tertiary/aromatic N) is 2. The fourth-order valence-corrected chi connectivity index (χ4v) is 3.60. The van der Waals surface area contributed by atoms with Crippen molar-refractivity contribution in [1.29, 1.82) is 0 Å². The van der Waals surface area contributed by atoms with Gasteiger partial charge in [0, 0.05) is 56.4 Å². The van der Waals surface area contributed by atoms with Crippen LogP contribution in [0.1, 0.15) is 18.4 Å². The van der Waals surface area contributed by atoms with Crippen LogP contribution in [0.4, 0.5) is 4.79 Å². The molecule has 3 rings (SSSR count). The smallest absolute Gasteiger partial charge is 0.319 e. The van der Waals surface area contributed by atoms with Crippen molar-refractivity contribution in [3.05, 3.63) is 36.0 Å². The maximum Gasteiger partial charge on any atom is 0.319 e. The molecule has 25 heavy (non-hydrogen) atoms. The number of nitrogens with one attached hydrogen (secondary N) is 2. The Hall–Kier alpha value is -2.05. The normalized spacial score (nSPS) is 17.0. The molecule has 2 aromatic rings. The number of urea groups is 1. The van der Waals surface area contributed by atoms with Gasteiger partial charge in [0.1, 0.15) is 0 Å². The second kappa shape index (κ2) is 7.89. The van der Waals surface area contributed by atoms with Crippen molar-refractivity contribution >= 4 is 16.9 Å². The zero-order valence-electron chi connectivity index (χ0n) is 15.0. The van der Waals surface area contributed by atoms with Crippen LogP contribution in [0.5, 0.6) is 0 Å². The third-order valence-electron chi connectivity index (χ3n) is 4.98. The molecule has 1 aliphatic rings.